The summed E-state index contributed by atoms with van der Waals surface area (Å²) >= 11 is 0. The zero-order valence-electron chi connectivity index (χ0n) is 18.5. The highest BCUT2D eigenvalue weighted by molar-refractivity contribution is 5.78. The molecule has 5 nitrogen and oxygen atoms in total. The molecule has 3 aliphatic rings. The third-order valence-corrected chi connectivity index (χ3v) is 7.32. The minimum Gasteiger partial charge on any atom is -0.389 e. The average Bonchev–Trinajstić information content (AvgIpc) is 2.59. The van der Waals surface area contributed by atoms with Crippen LogP contribution < -0.4 is 4.90 Å². The Labute approximate surface area is 175 Å². The molecule has 0 aliphatic carbocycles. The van der Waals surface area contributed by atoms with Gasteiger partial charge < -0.3 is 19.8 Å². The molecule has 1 amide bonds. The number of carbonyl (C=O) groups excluding carboxylic acids is 1. The molecule has 0 aromatic heterocycles. The van der Waals surface area contributed by atoms with Gasteiger partial charge in [0.2, 0.25) is 5.91 Å². The molecule has 1 spiro atoms. The van der Waals surface area contributed by atoms with E-state index in [-0.39, 0.29) is 17.7 Å². The number of amides is 1. The Kier molecular flexibility index (Phi) is 5.41. The van der Waals surface area contributed by atoms with Crippen molar-refractivity contribution < 1.29 is 9.90 Å². The van der Waals surface area contributed by atoms with Crippen LogP contribution in [0, 0.1) is 5.41 Å². The number of benzene rings is 1. The van der Waals surface area contributed by atoms with E-state index in [9.17, 15) is 9.90 Å². The van der Waals surface area contributed by atoms with Crippen molar-refractivity contribution >= 4 is 11.6 Å². The van der Waals surface area contributed by atoms with E-state index in [0.29, 0.717) is 24.8 Å². The van der Waals surface area contributed by atoms with Crippen molar-refractivity contribution in [3.05, 3.63) is 29.8 Å². The Morgan fingerprint density at radius 1 is 1.00 bits per heavy atom. The van der Waals surface area contributed by atoms with Crippen molar-refractivity contribution in [1.29, 1.82) is 0 Å². The number of rotatable bonds is 5. The predicted octanol–water partition coefficient (Wildman–Crippen LogP) is 3.08. The SMILES string of the molecule is CC(C)c1ccc(N2CC3(CN(C(=O)CC4(O)CCN(C(C)C)CC4)C3)C2)cc1. The molecule has 0 atom stereocenters. The smallest absolute Gasteiger partial charge is 0.225 e. The van der Waals surface area contributed by atoms with Gasteiger partial charge in [-0.25, -0.2) is 0 Å². The lowest BCUT2D eigenvalue weighted by molar-refractivity contribution is -0.152. The molecule has 29 heavy (non-hydrogen) atoms. The lowest BCUT2D eigenvalue weighted by Crippen LogP contribution is -2.73. The molecule has 1 N–H and O–H groups in total. The second kappa shape index (κ2) is 7.59. The van der Waals surface area contributed by atoms with Crippen LogP contribution in [-0.4, -0.2) is 71.7 Å². The van der Waals surface area contributed by atoms with Crippen LogP contribution in [0.1, 0.15) is 58.4 Å². The fourth-order valence-electron chi connectivity index (χ4n) is 5.18. The van der Waals surface area contributed by atoms with Crippen LogP contribution in [0.4, 0.5) is 5.69 Å². The summed E-state index contributed by atoms with van der Waals surface area (Å²) in [4.78, 5) is 19.5. The van der Waals surface area contributed by atoms with Crippen LogP contribution in [0.15, 0.2) is 24.3 Å². The van der Waals surface area contributed by atoms with Gasteiger partial charge in [-0.15, -0.1) is 0 Å². The maximum absolute atomic E-state index is 12.7. The van der Waals surface area contributed by atoms with Gasteiger partial charge in [-0.1, -0.05) is 26.0 Å². The summed E-state index contributed by atoms with van der Waals surface area (Å²) in [6.07, 6.45) is 1.70. The summed E-state index contributed by atoms with van der Waals surface area (Å²) in [5, 5.41) is 10.9. The van der Waals surface area contributed by atoms with E-state index >= 15 is 0 Å². The lowest BCUT2D eigenvalue weighted by atomic mass is 9.72. The van der Waals surface area contributed by atoms with Gasteiger partial charge in [0, 0.05) is 56.4 Å². The van der Waals surface area contributed by atoms with Gasteiger partial charge in [0.05, 0.1) is 12.0 Å². The Bertz CT molecular complexity index is 721. The Morgan fingerprint density at radius 3 is 2.10 bits per heavy atom. The van der Waals surface area contributed by atoms with Crippen molar-refractivity contribution in [3.8, 4) is 0 Å². The minimum absolute atomic E-state index is 0.135. The van der Waals surface area contributed by atoms with Crippen molar-refractivity contribution in [1.82, 2.24) is 9.80 Å². The molecule has 1 aromatic rings. The second-order valence-electron chi connectivity index (χ2n) is 10.4. The van der Waals surface area contributed by atoms with E-state index in [2.05, 4.69) is 61.8 Å². The summed E-state index contributed by atoms with van der Waals surface area (Å²) in [7, 11) is 0. The number of aliphatic hydroxyl groups is 1. The maximum Gasteiger partial charge on any atom is 0.225 e. The first kappa shape index (κ1) is 20.7. The zero-order chi connectivity index (χ0) is 20.8. The molecule has 3 aliphatic heterocycles. The number of nitrogens with zero attached hydrogens (tertiary/aromatic N) is 3. The van der Waals surface area contributed by atoms with Gasteiger partial charge >= 0.3 is 0 Å². The molecule has 4 rings (SSSR count). The van der Waals surface area contributed by atoms with Gasteiger partial charge in [-0.2, -0.15) is 0 Å². The monoisotopic (exact) mass is 399 g/mol. The van der Waals surface area contributed by atoms with Crippen LogP contribution >= 0.6 is 0 Å². The lowest BCUT2D eigenvalue weighted by Gasteiger charge is -2.61. The van der Waals surface area contributed by atoms with E-state index in [1.54, 1.807) is 0 Å². The Hall–Kier alpha value is -1.59. The molecule has 0 unspecified atom stereocenters. The summed E-state index contributed by atoms with van der Waals surface area (Å²) < 4.78 is 0. The zero-order valence-corrected chi connectivity index (χ0v) is 18.5. The maximum atomic E-state index is 12.7. The van der Waals surface area contributed by atoms with Crippen LogP contribution in [-0.2, 0) is 4.79 Å². The highest BCUT2D eigenvalue weighted by Gasteiger charge is 2.53. The Morgan fingerprint density at radius 2 is 1.59 bits per heavy atom. The standard InChI is InChI=1S/C24H37N3O2/c1-18(2)20-5-7-21(8-6-20)26-14-23(15-26)16-27(17-23)22(28)13-24(29)9-11-25(12-10-24)19(3)4/h5-8,18-19,29H,9-17H2,1-4H3. The summed E-state index contributed by atoms with van der Waals surface area (Å²) in [5.74, 6) is 0.696. The molecule has 0 saturated carbocycles. The van der Waals surface area contributed by atoms with Gasteiger partial charge in [0.25, 0.3) is 0 Å². The normalized spacial score (nSPS) is 23.4. The number of hydrogen-bond donors (Lipinski definition) is 1. The number of hydrogen-bond acceptors (Lipinski definition) is 4. The van der Waals surface area contributed by atoms with E-state index in [0.717, 1.165) is 39.3 Å². The first-order valence-electron chi connectivity index (χ1n) is 11.3. The number of anilines is 1. The van der Waals surface area contributed by atoms with Crippen LogP contribution in [0.5, 0.6) is 0 Å². The third-order valence-electron chi connectivity index (χ3n) is 7.32. The first-order valence-corrected chi connectivity index (χ1v) is 11.3. The minimum atomic E-state index is -0.810. The van der Waals surface area contributed by atoms with E-state index in [1.807, 2.05) is 4.90 Å². The molecule has 160 valence electrons. The molecule has 0 radical (unpaired) electrons. The van der Waals surface area contributed by atoms with Crippen molar-refractivity contribution in [2.75, 3.05) is 44.2 Å². The molecule has 0 bridgehead atoms. The molecule has 3 saturated heterocycles. The molecular weight excluding hydrogens is 362 g/mol. The highest BCUT2D eigenvalue weighted by atomic mass is 16.3. The molecular formula is C24H37N3O2. The van der Waals surface area contributed by atoms with Crippen LogP contribution in [0.25, 0.3) is 0 Å². The Balaban J connectivity index is 1.23. The molecule has 3 heterocycles. The summed E-state index contributed by atoms with van der Waals surface area (Å²) in [6, 6.07) is 9.42. The van der Waals surface area contributed by atoms with Gasteiger partial charge in [0.15, 0.2) is 0 Å². The van der Waals surface area contributed by atoms with Crippen molar-refractivity contribution in [3.63, 3.8) is 0 Å². The molecule has 3 fully saturated rings. The number of likely N-dealkylation sites (tertiary alicyclic amines) is 2. The first-order chi connectivity index (χ1) is 13.7. The van der Waals surface area contributed by atoms with Crippen LogP contribution in [0.2, 0.25) is 0 Å². The van der Waals surface area contributed by atoms with E-state index in [1.165, 1.54) is 11.3 Å². The van der Waals surface area contributed by atoms with Crippen molar-refractivity contribution in [2.45, 2.75) is 64.5 Å². The third kappa shape index (κ3) is 4.17. The van der Waals surface area contributed by atoms with Gasteiger partial charge in [-0.3, -0.25) is 4.79 Å². The fourth-order valence-corrected chi connectivity index (χ4v) is 5.18. The molecule has 1 aromatic carbocycles. The highest BCUT2D eigenvalue weighted by Crippen LogP contribution is 2.43. The quantitative estimate of drug-likeness (QED) is 0.827. The molecule has 5 heteroatoms. The second-order valence-corrected chi connectivity index (χ2v) is 10.4. The van der Waals surface area contributed by atoms with Gasteiger partial charge in [-0.05, 0) is 50.3 Å². The predicted molar refractivity (Wildman–Crippen MR) is 117 cm³/mol. The summed E-state index contributed by atoms with van der Waals surface area (Å²) in [6.45, 7) is 14.4. The van der Waals surface area contributed by atoms with E-state index < -0.39 is 5.60 Å². The van der Waals surface area contributed by atoms with Crippen LogP contribution in [0.3, 0.4) is 0 Å². The summed E-state index contributed by atoms with van der Waals surface area (Å²) in [5.41, 5.74) is 2.13. The van der Waals surface area contributed by atoms with E-state index in [4.69, 9.17) is 0 Å². The van der Waals surface area contributed by atoms with Gasteiger partial charge in [0.1, 0.15) is 0 Å². The topological polar surface area (TPSA) is 47.0 Å². The van der Waals surface area contributed by atoms with Crippen molar-refractivity contribution in [2.24, 2.45) is 5.41 Å². The number of carbonyl (C=O) groups is 1. The number of piperidine rings is 1. The fraction of sp³-hybridized carbons (Fsp3) is 0.708. The average molecular weight is 400 g/mol. The largest absolute Gasteiger partial charge is 0.389 e.